The Labute approximate surface area is 213 Å². The summed E-state index contributed by atoms with van der Waals surface area (Å²) in [5, 5.41) is 10.7. The van der Waals surface area contributed by atoms with Crippen molar-refractivity contribution in [1.82, 2.24) is 9.97 Å². The maximum absolute atomic E-state index is 14.1. The predicted molar refractivity (Wildman–Crippen MR) is 132 cm³/mol. The van der Waals surface area contributed by atoms with Crippen LogP contribution in [0.5, 0.6) is 0 Å². The number of thiazole rings is 1. The van der Waals surface area contributed by atoms with Gasteiger partial charge in [-0.2, -0.15) is 18.4 Å². The molecule has 0 radical (unpaired) electrons. The van der Waals surface area contributed by atoms with Gasteiger partial charge in [-0.25, -0.2) is 4.39 Å². The molecule has 2 aromatic heterocycles. The topological polar surface area (TPSA) is 58.8 Å². The molecule has 0 aliphatic carbocycles. The predicted octanol–water partition coefficient (Wildman–Crippen LogP) is 7.69. The molecule has 0 bridgehead atoms. The van der Waals surface area contributed by atoms with Crippen molar-refractivity contribution in [3.8, 4) is 17.2 Å². The summed E-state index contributed by atoms with van der Waals surface area (Å²) in [5.74, 6) is -1.35. The van der Waals surface area contributed by atoms with Gasteiger partial charge >= 0.3 is 6.18 Å². The molecule has 0 saturated carbocycles. The lowest BCUT2D eigenvalue weighted by atomic mass is 9.94. The summed E-state index contributed by atoms with van der Waals surface area (Å²) in [7, 11) is 0. The van der Waals surface area contributed by atoms with Gasteiger partial charge in [0.1, 0.15) is 11.9 Å². The first-order chi connectivity index (χ1) is 17.8. The van der Waals surface area contributed by atoms with E-state index in [1.807, 2.05) is 36.4 Å². The lowest BCUT2D eigenvalue weighted by Gasteiger charge is -2.19. The first-order valence-corrected chi connectivity index (χ1v) is 12.0. The van der Waals surface area contributed by atoms with E-state index >= 15 is 0 Å². The van der Waals surface area contributed by atoms with Crippen molar-refractivity contribution in [2.75, 3.05) is 0 Å². The van der Waals surface area contributed by atoms with Gasteiger partial charge in [-0.15, -0.1) is 11.3 Å². The number of halogens is 4. The molecular formula is C28H17F4N3OS. The largest absolute Gasteiger partial charge is 0.419 e. The molecule has 0 aliphatic rings. The lowest BCUT2D eigenvalue weighted by Crippen LogP contribution is -2.09. The van der Waals surface area contributed by atoms with Gasteiger partial charge in [-0.1, -0.05) is 36.4 Å². The van der Waals surface area contributed by atoms with Gasteiger partial charge in [0, 0.05) is 28.9 Å². The molecule has 184 valence electrons. The molecule has 0 amide bonds. The number of hydrogen-bond donors (Lipinski definition) is 0. The Morgan fingerprint density at radius 2 is 1.84 bits per heavy atom. The van der Waals surface area contributed by atoms with Crippen LogP contribution in [0.3, 0.4) is 0 Å². The highest BCUT2D eigenvalue weighted by Crippen LogP contribution is 2.36. The minimum Gasteiger partial charge on any atom is -0.363 e. The number of benzene rings is 3. The molecule has 1 atom stereocenters. The van der Waals surface area contributed by atoms with Crippen molar-refractivity contribution >= 4 is 22.2 Å². The molecule has 3 aromatic carbocycles. The molecule has 0 saturated heterocycles. The summed E-state index contributed by atoms with van der Waals surface area (Å²) in [6, 6.07) is 19.8. The second-order valence-corrected chi connectivity index (χ2v) is 9.12. The first-order valence-electron chi connectivity index (χ1n) is 11.1. The zero-order valence-corrected chi connectivity index (χ0v) is 19.9. The normalized spacial score (nSPS) is 12.4. The van der Waals surface area contributed by atoms with Crippen molar-refractivity contribution in [3.05, 3.63) is 118 Å². The smallest absolute Gasteiger partial charge is 0.363 e. The molecule has 37 heavy (non-hydrogen) atoms. The lowest BCUT2D eigenvalue weighted by molar-refractivity contribution is -0.140. The van der Waals surface area contributed by atoms with Gasteiger partial charge in [0.2, 0.25) is 0 Å². The van der Waals surface area contributed by atoms with Gasteiger partial charge in [0.05, 0.1) is 39.7 Å². The minimum atomic E-state index is -4.77. The molecule has 0 aliphatic heterocycles. The average Bonchev–Trinajstić information content (AvgIpc) is 3.42. The zero-order chi connectivity index (χ0) is 26.0. The molecule has 4 nitrogen and oxygen atoms in total. The fourth-order valence-corrected chi connectivity index (χ4v) is 4.82. The van der Waals surface area contributed by atoms with E-state index in [0.717, 1.165) is 27.4 Å². The third-order valence-electron chi connectivity index (χ3n) is 5.86. The Kier molecular flexibility index (Phi) is 6.70. The monoisotopic (exact) mass is 519 g/mol. The van der Waals surface area contributed by atoms with E-state index < -0.39 is 23.7 Å². The molecular weight excluding hydrogens is 502 g/mol. The number of pyridine rings is 1. The van der Waals surface area contributed by atoms with Crippen LogP contribution in [-0.2, 0) is 17.5 Å². The summed E-state index contributed by atoms with van der Waals surface area (Å²) >= 11 is 1.35. The van der Waals surface area contributed by atoms with Crippen LogP contribution < -0.4 is 0 Å². The molecule has 0 spiro atoms. The van der Waals surface area contributed by atoms with Gasteiger partial charge in [-0.05, 0) is 41.5 Å². The highest BCUT2D eigenvalue weighted by Gasteiger charge is 2.34. The number of rotatable bonds is 6. The van der Waals surface area contributed by atoms with Gasteiger partial charge in [-0.3, -0.25) is 9.97 Å². The molecule has 1 unspecified atom stereocenters. The number of aromatic nitrogens is 2. The van der Waals surface area contributed by atoms with Gasteiger partial charge < -0.3 is 4.74 Å². The Hall–Kier alpha value is -4.13. The summed E-state index contributed by atoms with van der Waals surface area (Å²) in [5.41, 5.74) is 3.93. The quantitative estimate of drug-likeness (QED) is 0.216. The minimum absolute atomic E-state index is 0.136. The average molecular weight is 520 g/mol. The molecule has 0 fully saturated rings. The highest BCUT2D eigenvalue weighted by molar-refractivity contribution is 7.09. The summed E-state index contributed by atoms with van der Waals surface area (Å²) in [6.07, 6.45) is -2.09. The van der Waals surface area contributed by atoms with E-state index in [9.17, 15) is 22.8 Å². The van der Waals surface area contributed by atoms with Crippen LogP contribution >= 0.6 is 11.3 Å². The number of nitriles is 1. The third-order valence-corrected chi connectivity index (χ3v) is 6.67. The molecule has 9 heteroatoms. The molecule has 0 N–H and O–H groups in total. The summed E-state index contributed by atoms with van der Waals surface area (Å²) in [6.45, 7) is -0.136. The van der Waals surface area contributed by atoms with Crippen LogP contribution in [0.15, 0.2) is 84.6 Å². The van der Waals surface area contributed by atoms with Crippen LogP contribution in [0.2, 0.25) is 0 Å². The van der Waals surface area contributed by atoms with Gasteiger partial charge in [0.25, 0.3) is 0 Å². The van der Waals surface area contributed by atoms with E-state index in [0.29, 0.717) is 22.8 Å². The first kappa shape index (κ1) is 24.6. The fraction of sp³-hybridized carbons (Fsp3) is 0.107. The standard InChI is InChI=1S/C28H17F4N3OS/c29-24-11-17(6-9-23(24)28(30,31)32)15-36-27(25-14-34-16-37-25)19-7-8-20(13-33)22(12-19)21-5-1-3-18-4-2-10-35-26(18)21/h1-12,14,16,27H,15H2. The third kappa shape index (κ3) is 5.07. The van der Waals surface area contributed by atoms with Gasteiger partial charge in [0.15, 0.2) is 0 Å². The molecule has 5 rings (SSSR count). The Morgan fingerprint density at radius 3 is 2.57 bits per heavy atom. The van der Waals surface area contributed by atoms with E-state index in [4.69, 9.17) is 4.74 Å². The SMILES string of the molecule is N#Cc1ccc(C(OCc2ccc(C(F)(F)F)c(F)c2)c2cncs2)cc1-c1cccc2cccnc12. The zero-order valence-electron chi connectivity index (χ0n) is 19.0. The van der Waals surface area contributed by atoms with Crippen LogP contribution in [0.1, 0.15) is 33.2 Å². The second-order valence-electron chi connectivity index (χ2n) is 8.20. The van der Waals surface area contributed by atoms with E-state index in [1.165, 1.54) is 17.4 Å². The number of ether oxygens (including phenoxy) is 1. The van der Waals surface area contributed by atoms with E-state index in [2.05, 4.69) is 16.0 Å². The fourth-order valence-electron chi connectivity index (χ4n) is 4.12. The van der Waals surface area contributed by atoms with Crippen molar-refractivity contribution in [3.63, 3.8) is 0 Å². The molecule has 2 heterocycles. The van der Waals surface area contributed by atoms with E-state index in [-0.39, 0.29) is 12.2 Å². The second kappa shape index (κ2) is 10.1. The summed E-state index contributed by atoms with van der Waals surface area (Å²) < 4.78 is 59.0. The highest BCUT2D eigenvalue weighted by atomic mass is 32.1. The summed E-state index contributed by atoms with van der Waals surface area (Å²) in [4.78, 5) is 9.37. The molecule has 5 aromatic rings. The number of fused-ring (bicyclic) bond motifs is 1. The maximum atomic E-state index is 14.1. The Bertz CT molecular complexity index is 1610. The van der Waals surface area contributed by atoms with Crippen LogP contribution in [-0.4, -0.2) is 9.97 Å². The van der Waals surface area contributed by atoms with Crippen LogP contribution in [0.25, 0.3) is 22.0 Å². The number of alkyl halides is 3. The van der Waals surface area contributed by atoms with Crippen molar-refractivity contribution < 1.29 is 22.3 Å². The van der Waals surface area contributed by atoms with Crippen molar-refractivity contribution in [2.45, 2.75) is 18.9 Å². The Balaban J connectivity index is 1.53. The van der Waals surface area contributed by atoms with Crippen LogP contribution in [0.4, 0.5) is 17.6 Å². The van der Waals surface area contributed by atoms with Crippen LogP contribution in [0, 0.1) is 17.1 Å². The van der Waals surface area contributed by atoms with Crippen molar-refractivity contribution in [1.29, 1.82) is 5.26 Å². The maximum Gasteiger partial charge on any atom is 0.419 e. The number of para-hydroxylation sites is 1. The number of nitrogens with zero attached hydrogens (tertiary/aromatic N) is 3. The Morgan fingerprint density at radius 1 is 1.00 bits per heavy atom. The number of hydrogen-bond acceptors (Lipinski definition) is 5. The van der Waals surface area contributed by atoms with E-state index in [1.54, 1.807) is 30.0 Å². The van der Waals surface area contributed by atoms with Crippen molar-refractivity contribution in [2.24, 2.45) is 0 Å².